The lowest BCUT2D eigenvalue weighted by molar-refractivity contribution is -0.253. The van der Waals surface area contributed by atoms with Crippen LogP contribution in [0.25, 0.3) is 0 Å². The van der Waals surface area contributed by atoms with E-state index >= 15 is 0 Å². The van der Waals surface area contributed by atoms with E-state index in [1.807, 2.05) is 0 Å². The molecule has 0 saturated carbocycles. The van der Waals surface area contributed by atoms with Crippen LogP contribution in [0.15, 0.2) is 24.3 Å². The molecular weight excluding hydrogens is 236 g/mol. The maximum absolute atomic E-state index is 12.8. The van der Waals surface area contributed by atoms with Crippen LogP contribution in [0, 0.1) is 0 Å². The van der Waals surface area contributed by atoms with Gasteiger partial charge in [0.15, 0.2) is 0 Å². The molecular formula is C12H14F4O. The highest BCUT2D eigenvalue weighted by Gasteiger charge is 2.44. The van der Waals surface area contributed by atoms with Crippen LogP contribution in [0.1, 0.15) is 26.3 Å². The van der Waals surface area contributed by atoms with Gasteiger partial charge in [-0.3, -0.25) is 0 Å². The summed E-state index contributed by atoms with van der Waals surface area (Å²) in [5.41, 5.74) is -0.00486. The molecule has 0 atom stereocenters. The molecule has 1 aromatic carbocycles. The van der Waals surface area contributed by atoms with Gasteiger partial charge in [0.1, 0.15) is 5.75 Å². The highest BCUT2D eigenvalue weighted by molar-refractivity contribution is 5.38. The number of benzene rings is 1. The van der Waals surface area contributed by atoms with Crippen molar-refractivity contribution in [1.29, 1.82) is 0 Å². The van der Waals surface area contributed by atoms with E-state index in [4.69, 9.17) is 0 Å². The number of halogens is 4. The quantitative estimate of drug-likeness (QED) is 0.730. The summed E-state index contributed by atoms with van der Waals surface area (Å²) in [6, 6.07) is 5.95. The Hall–Kier alpha value is -1.26. The third-order valence-corrected chi connectivity index (χ3v) is 2.20. The minimum absolute atomic E-state index is 0.217. The first-order chi connectivity index (χ1) is 7.64. The van der Waals surface area contributed by atoms with Crippen LogP contribution >= 0.6 is 0 Å². The summed E-state index contributed by atoms with van der Waals surface area (Å²) in [4.78, 5) is 0. The first kappa shape index (κ1) is 13.8. The van der Waals surface area contributed by atoms with Gasteiger partial charge < -0.3 is 4.74 Å². The predicted octanol–water partition coefficient (Wildman–Crippen LogP) is 4.22. The van der Waals surface area contributed by atoms with Crippen molar-refractivity contribution in [2.45, 2.75) is 38.7 Å². The van der Waals surface area contributed by atoms with Crippen LogP contribution in [-0.2, 0) is 5.41 Å². The SMILES string of the molecule is CC(C)(C)c1ccccc1OC(F)(F)C(F)F. The van der Waals surface area contributed by atoms with E-state index in [0.717, 1.165) is 0 Å². The van der Waals surface area contributed by atoms with E-state index in [0.29, 0.717) is 5.56 Å². The van der Waals surface area contributed by atoms with Crippen molar-refractivity contribution in [3.05, 3.63) is 29.8 Å². The number of rotatable bonds is 3. The second-order valence-corrected chi connectivity index (χ2v) is 4.71. The van der Waals surface area contributed by atoms with E-state index in [-0.39, 0.29) is 5.75 Å². The monoisotopic (exact) mass is 250 g/mol. The Bertz CT molecular complexity index is 382. The number of hydrogen-bond donors (Lipinski definition) is 0. The molecule has 17 heavy (non-hydrogen) atoms. The fourth-order valence-corrected chi connectivity index (χ4v) is 1.37. The van der Waals surface area contributed by atoms with Crippen LogP contribution < -0.4 is 4.74 Å². The van der Waals surface area contributed by atoms with Crippen LogP contribution in [-0.4, -0.2) is 12.5 Å². The number of hydrogen-bond acceptors (Lipinski definition) is 1. The van der Waals surface area contributed by atoms with Crippen LogP contribution in [0.5, 0.6) is 5.75 Å². The van der Waals surface area contributed by atoms with E-state index in [2.05, 4.69) is 4.74 Å². The topological polar surface area (TPSA) is 9.23 Å². The van der Waals surface area contributed by atoms with Gasteiger partial charge in [-0.05, 0) is 17.0 Å². The molecule has 0 fully saturated rings. The van der Waals surface area contributed by atoms with Gasteiger partial charge in [0.2, 0.25) is 0 Å². The van der Waals surface area contributed by atoms with Crippen LogP contribution in [0.3, 0.4) is 0 Å². The zero-order chi connectivity index (χ0) is 13.3. The summed E-state index contributed by atoms with van der Waals surface area (Å²) in [6.45, 7) is 5.36. The van der Waals surface area contributed by atoms with Crippen molar-refractivity contribution < 1.29 is 22.3 Å². The molecule has 0 aromatic heterocycles. The summed E-state index contributed by atoms with van der Waals surface area (Å²) < 4.78 is 53.9. The predicted molar refractivity (Wildman–Crippen MR) is 56.7 cm³/mol. The third kappa shape index (κ3) is 3.35. The Balaban J connectivity index is 3.08. The molecule has 0 heterocycles. The Morgan fingerprint density at radius 1 is 1.06 bits per heavy atom. The van der Waals surface area contributed by atoms with E-state index in [9.17, 15) is 17.6 Å². The average Bonchev–Trinajstić information content (AvgIpc) is 2.15. The second kappa shape index (κ2) is 4.55. The van der Waals surface area contributed by atoms with E-state index in [1.165, 1.54) is 12.1 Å². The van der Waals surface area contributed by atoms with Gasteiger partial charge in [-0.1, -0.05) is 39.0 Å². The first-order valence-corrected chi connectivity index (χ1v) is 5.09. The highest BCUT2D eigenvalue weighted by atomic mass is 19.3. The summed E-state index contributed by atoms with van der Waals surface area (Å²) >= 11 is 0. The lowest BCUT2D eigenvalue weighted by atomic mass is 9.86. The number of alkyl halides is 4. The minimum Gasteiger partial charge on any atom is -0.428 e. The summed E-state index contributed by atoms with van der Waals surface area (Å²) in [5, 5.41) is 0. The number of ether oxygens (including phenoxy) is 1. The Morgan fingerprint density at radius 3 is 2.06 bits per heavy atom. The van der Waals surface area contributed by atoms with Gasteiger partial charge in [0.05, 0.1) is 0 Å². The lowest BCUT2D eigenvalue weighted by Crippen LogP contribution is -2.34. The van der Waals surface area contributed by atoms with Gasteiger partial charge in [-0.25, -0.2) is 0 Å². The van der Waals surface area contributed by atoms with Crippen molar-refractivity contribution in [3.8, 4) is 5.75 Å². The van der Waals surface area contributed by atoms with Gasteiger partial charge >= 0.3 is 12.5 Å². The van der Waals surface area contributed by atoms with Crippen molar-refractivity contribution >= 4 is 0 Å². The van der Waals surface area contributed by atoms with Gasteiger partial charge in [-0.15, -0.1) is 0 Å². The molecule has 0 aliphatic heterocycles. The Kier molecular flexibility index (Phi) is 3.69. The zero-order valence-corrected chi connectivity index (χ0v) is 9.81. The molecule has 0 saturated heterocycles. The lowest BCUT2D eigenvalue weighted by Gasteiger charge is -2.25. The minimum atomic E-state index is -4.47. The molecule has 0 aliphatic carbocycles. The summed E-state index contributed by atoms with van der Waals surface area (Å²) in [7, 11) is 0. The van der Waals surface area contributed by atoms with Crippen molar-refractivity contribution in [2.75, 3.05) is 0 Å². The fraction of sp³-hybridized carbons (Fsp3) is 0.500. The molecule has 96 valence electrons. The highest BCUT2D eigenvalue weighted by Crippen LogP contribution is 2.35. The van der Waals surface area contributed by atoms with Crippen molar-refractivity contribution in [1.82, 2.24) is 0 Å². The molecule has 1 nitrogen and oxygen atoms in total. The molecule has 0 bridgehead atoms. The van der Waals surface area contributed by atoms with Crippen LogP contribution in [0.4, 0.5) is 17.6 Å². The first-order valence-electron chi connectivity index (χ1n) is 5.09. The Morgan fingerprint density at radius 2 is 1.59 bits per heavy atom. The largest absolute Gasteiger partial charge is 0.461 e. The number of para-hydroxylation sites is 1. The smallest absolute Gasteiger partial charge is 0.428 e. The molecule has 5 heteroatoms. The summed E-state index contributed by atoms with van der Waals surface area (Å²) in [5.74, 6) is -0.217. The molecule has 1 aromatic rings. The van der Waals surface area contributed by atoms with Crippen LogP contribution in [0.2, 0.25) is 0 Å². The molecule has 0 aliphatic rings. The molecule has 0 radical (unpaired) electrons. The molecule has 0 unspecified atom stereocenters. The van der Waals surface area contributed by atoms with Gasteiger partial charge in [-0.2, -0.15) is 17.6 Å². The average molecular weight is 250 g/mol. The fourth-order valence-electron chi connectivity index (χ4n) is 1.37. The molecule has 0 spiro atoms. The van der Waals surface area contributed by atoms with E-state index < -0.39 is 17.9 Å². The normalized spacial score (nSPS) is 12.9. The maximum atomic E-state index is 12.8. The Labute approximate surface area is 97.4 Å². The van der Waals surface area contributed by atoms with Crippen molar-refractivity contribution in [2.24, 2.45) is 0 Å². The van der Waals surface area contributed by atoms with E-state index in [1.54, 1.807) is 32.9 Å². The van der Waals surface area contributed by atoms with Gasteiger partial charge in [0, 0.05) is 0 Å². The maximum Gasteiger partial charge on any atom is 0.461 e. The molecule has 1 rings (SSSR count). The summed E-state index contributed by atoms with van der Waals surface area (Å²) in [6.07, 6.45) is -8.32. The van der Waals surface area contributed by atoms with Crippen molar-refractivity contribution in [3.63, 3.8) is 0 Å². The standard InChI is InChI=1S/C12H14F4O/c1-11(2,3)8-6-4-5-7-9(8)17-12(15,16)10(13)14/h4-7,10H,1-3H3. The molecule has 0 N–H and O–H groups in total. The zero-order valence-electron chi connectivity index (χ0n) is 9.81. The third-order valence-electron chi connectivity index (χ3n) is 2.20. The van der Waals surface area contributed by atoms with Gasteiger partial charge in [0.25, 0.3) is 0 Å². The second-order valence-electron chi connectivity index (χ2n) is 4.71. The molecule has 0 amide bonds.